The predicted octanol–water partition coefficient (Wildman–Crippen LogP) is 7.70. The summed E-state index contributed by atoms with van der Waals surface area (Å²) in [6, 6.07) is 0. The Labute approximate surface area is 217 Å². The van der Waals surface area contributed by atoms with Crippen LogP contribution in [0.5, 0.6) is 0 Å². The van der Waals surface area contributed by atoms with E-state index in [1.165, 1.54) is 63.2 Å². The van der Waals surface area contributed by atoms with Crippen molar-refractivity contribution >= 4 is 130 Å². The van der Waals surface area contributed by atoms with Gasteiger partial charge < -0.3 is 9.47 Å². The molecule has 0 bridgehead atoms. The van der Waals surface area contributed by atoms with Gasteiger partial charge in [-0.25, -0.2) is 9.59 Å². The van der Waals surface area contributed by atoms with Gasteiger partial charge in [0.25, 0.3) is 0 Å². The summed E-state index contributed by atoms with van der Waals surface area (Å²) in [7, 11) is 2.63. The first kappa shape index (κ1) is 24.3. The van der Waals surface area contributed by atoms with Gasteiger partial charge in [0.15, 0.2) is 0 Å². The molecule has 0 unspecified atom stereocenters. The Morgan fingerprint density at radius 1 is 0.567 bits per heavy atom. The van der Waals surface area contributed by atoms with E-state index in [0.717, 1.165) is 8.47 Å². The van der Waals surface area contributed by atoms with Crippen molar-refractivity contribution in [1.29, 1.82) is 0 Å². The number of carbonyl (C=O) groups is 2. The summed E-state index contributed by atoms with van der Waals surface area (Å²) >= 11 is 17.0. The molecule has 0 fully saturated rings. The molecule has 4 rings (SSSR count). The lowest BCUT2D eigenvalue weighted by Crippen LogP contribution is -2.08. The molecule has 0 N–H and O–H groups in total. The first-order valence-corrected chi connectivity index (χ1v) is 16.9. The van der Waals surface area contributed by atoms with Gasteiger partial charge in [-0.1, -0.05) is 94.1 Å². The van der Waals surface area contributed by atoms with E-state index in [0.29, 0.717) is 9.81 Å². The Bertz CT molecular complexity index is 920. The smallest absolute Gasteiger partial charge is 0.346 e. The van der Waals surface area contributed by atoms with Crippen LogP contribution >= 0.6 is 118 Å². The molecule has 4 aliphatic heterocycles. The number of methoxy groups -OCH3 is 2. The van der Waals surface area contributed by atoms with Gasteiger partial charge in [0.05, 0.1) is 48.1 Å². The van der Waals surface area contributed by atoms with E-state index in [9.17, 15) is 9.59 Å². The molecule has 0 aromatic rings. The lowest BCUT2D eigenvalue weighted by molar-refractivity contribution is -0.138. The van der Waals surface area contributed by atoms with Crippen molar-refractivity contribution < 1.29 is 19.1 Å². The fraction of sp³-hybridized carbons (Fsp3) is 0.250. The highest BCUT2D eigenvalue weighted by Gasteiger charge is 2.39. The van der Waals surface area contributed by atoms with Crippen LogP contribution in [0.1, 0.15) is 0 Å². The Morgan fingerprint density at radius 2 is 0.867 bits per heavy atom. The van der Waals surface area contributed by atoms with Crippen LogP contribution in [0, 0.1) is 0 Å². The standard InChI is InChI=1S/C16H12O4S10/c1-19-7(17)5-6(8(18)20-2)24-11(23-5)12-27-15-16(28-12)30-14(29-15)13-25-9(21-3)10(22-4)26-13/h1-4H3. The van der Waals surface area contributed by atoms with Gasteiger partial charge in [-0.15, -0.1) is 23.5 Å². The summed E-state index contributed by atoms with van der Waals surface area (Å²) in [5.41, 5.74) is 0. The van der Waals surface area contributed by atoms with Crippen LogP contribution in [-0.4, -0.2) is 38.7 Å². The maximum absolute atomic E-state index is 12.1. The van der Waals surface area contributed by atoms with Crippen molar-refractivity contribution in [1.82, 2.24) is 0 Å². The zero-order valence-corrected chi connectivity index (χ0v) is 23.9. The van der Waals surface area contributed by atoms with Crippen LogP contribution in [0.2, 0.25) is 0 Å². The van der Waals surface area contributed by atoms with Gasteiger partial charge >= 0.3 is 11.9 Å². The lowest BCUT2D eigenvalue weighted by Gasteiger charge is -2.07. The number of thioether (sulfide) groups is 10. The van der Waals surface area contributed by atoms with Gasteiger partial charge in [0.2, 0.25) is 0 Å². The van der Waals surface area contributed by atoms with Crippen molar-refractivity contribution in [2.75, 3.05) is 26.7 Å². The second kappa shape index (κ2) is 10.6. The van der Waals surface area contributed by atoms with Crippen LogP contribution < -0.4 is 0 Å². The molecule has 0 radical (unpaired) electrons. The molecule has 0 aromatic heterocycles. The molecule has 4 nitrogen and oxygen atoms in total. The van der Waals surface area contributed by atoms with E-state index >= 15 is 0 Å². The monoisotopic (exact) mass is 588 g/mol. The fourth-order valence-electron chi connectivity index (χ4n) is 2.20. The summed E-state index contributed by atoms with van der Waals surface area (Å²) in [4.78, 5) is 24.8. The highest BCUT2D eigenvalue weighted by Crippen LogP contribution is 2.72. The minimum absolute atomic E-state index is 0.298. The van der Waals surface area contributed by atoms with Gasteiger partial charge in [-0.2, -0.15) is 0 Å². The summed E-state index contributed by atoms with van der Waals surface area (Å²) in [5, 5.41) is 0. The molecule has 30 heavy (non-hydrogen) atoms. The quantitative estimate of drug-likeness (QED) is 0.301. The SMILES string of the molecule is COC(=O)C1=C(C(=O)OC)SC(=C2SC3=C(SC(=C4SC(SC)=C(SC)S4)S3)S2)S1. The summed E-state index contributed by atoms with van der Waals surface area (Å²) < 4.78 is 19.7. The first-order valence-electron chi connectivity index (χ1n) is 7.87. The van der Waals surface area contributed by atoms with Gasteiger partial charge in [0, 0.05) is 0 Å². The Hall–Kier alpha value is 1.14. The average Bonchev–Trinajstić information content (AvgIpc) is 3.52. The van der Waals surface area contributed by atoms with Crippen molar-refractivity contribution in [2.45, 2.75) is 0 Å². The molecule has 0 spiro atoms. The minimum Gasteiger partial charge on any atom is -0.465 e. The van der Waals surface area contributed by atoms with Crippen molar-refractivity contribution in [3.05, 3.63) is 43.7 Å². The van der Waals surface area contributed by atoms with Crippen molar-refractivity contribution in [3.63, 3.8) is 0 Å². The van der Waals surface area contributed by atoms with Gasteiger partial charge in [-0.3, -0.25) is 0 Å². The summed E-state index contributed by atoms with van der Waals surface area (Å²) in [5.74, 6) is -1.02. The van der Waals surface area contributed by atoms with E-state index in [1.54, 1.807) is 47.0 Å². The molecule has 0 aliphatic carbocycles. The number of carbonyl (C=O) groups excluding carboxylic acids is 2. The highest BCUT2D eigenvalue weighted by atomic mass is 32.3. The number of esters is 2. The minimum atomic E-state index is -0.509. The van der Waals surface area contributed by atoms with Crippen LogP contribution in [0.15, 0.2) is 43.7 Å². The van der Waals surface area contributed by atoms with Crippen LogP contribution in [0.3, 0.4) is 0 Å². The van der Waals surface area contributed by atoms with E-state index in [-0.39, 0.29) is 0 Å². The van der Waals surface area contributed by atoms with Crippen LogP contribution in [0.4, 0.5) is 0 Å². The predicted molar refractivity (Wildman–Crippen MR) is 147 cm³/mol. The van der Waals surface area contributed by atoms with E-state index in [2.05, 4.69) is 12.5 Å². The lowest BCUT2D eigenvalue weighted by atomic mass is 10.5. The van der Waals surface area contributed by atoms with E-state index in [4.69, 9.17) is 9.47 Å². The zero-order chi connectivity index (χ0) is 21.4. The third kappa shape index (κ3) is 4.83. The molecule has 0 atom stereocenters. The summed E-state index contributed by atoms with van der Waals surface area (Å²) in [6.45, 7) is 0. The van der Waals surface area contributed by atoms with Crippen molar-refractivity contribution in [2.24, 2.45) is 0 Å². The third-order valence-corrected chi connectivity index (χ3v) is 17.9. The maximum atomic E-state index is 12.1. The maximum Gasteiger partial charge on any atom is 0.346 e. The molecule has 0 saturated carbocycles. The molecule has 14 heteroatoms. The van der Waals surface area contributed by atoms with E-state index in [1.807, 2.05) is 47.0 Å². The number of hydrogen-bond donors (Lipinski definition) is 0. The third-order valence-electron chi connectivity index (χ3n) is 3.49. The Morgan fingerprint density at radius 3 is 1.17 bits per heavy atom. The molecular formula is C16H12O4S10. The molecule has 0 saturated heterocycles. The molecule has 4 heterocycles. The molecule has 0 amide bonds. The Balaban J connectivity index is 1.47. The molecule has 4 aliphatic rings. The van der Waals surface area contributed by atoms with E-state index < -0.39 is 11.9 Å². The number of hydrogen-bond acceptors (Lipinski definition) is 14. The second-order valence-electron chi connectivity index (χ2n) is 5.17. The molecule has 160 valence electrons. The zero-order valence-electron chi connectivity index (χ0n) is 15.7. The molecular weight excluding hydrogens is 577 g/mol. The first-order chi connectivity index (χ1) is 14.5. The highest BCUT2D eigenvalue weighted by molar-refractivity contribution is 8.50. The average molecular weight is 589 g/mol. The second-order valence-corrected chi connectivity index (χ2v) is 17.0. The van der Waals surface area contributed by atoms with Crippen LogP contribution in [-0.2, 0) is 19.1 Å². The van der Waals surface area contributed by atoms with Crippen molar-refractivity contribution in [3.8, 4) is 0 Å². The van der Waals surface area contributed by atoms with Crippen LogP contribution in [0.25, 0.3) is 0 Å². The summed E-state index contributed by atoms with van der Waals surface area (Å²) in [6.07, 6.45) is 4.25. The van der Waals surface area contributed by atoms with Gasteiger partial charge in [-0.05, 0) is 12.5 Å². The number of ether oxygens (including phenoxy) is 2. The largest absolute Gasteiger partial charge is 0.465 e. The molecule has 0 aromatic carbocycles. The topological polar surface area (TPSA) is 52.6 Å². The normalized spacial score (nSPS) is 21.5. The number of rotatable bonds is 4. The van der Waals surface area contributed by atoms with Gasteiger partial charge in [0.1, 0.15) is 9.81 Å². The fourth-order valence-corrected chi connectivity index (χ4v) is 16.6. The Kier molecular flexibility index (Phi) is 8.57.